The Bertz CT molecular complexity index is 1280. The van der Waals surface area contributed by atoms with E-state index in [0.717, 1.165) is 11.1 Å². The maximum Gasteiger partial charge on any atom is 0.266 e. The van der Waals surface area contributed by atoms with Gasteiger partial charge < -0.3 is 14.8 Å². The molecule has 0 bridgehead atoms. The Hall–Kier alpha value is -4.08. The van der Waals surface area contributed by atoms with Crippen molar-refractivity contribution < 1.29 is 18.7 Å². The molecule has 3 aromatic carbocycles. The van der Waals surface area contributed by atoms with Crippen molar-refractivity contribution in [2.24, 2.45) is 0 Å². The summed E-state index contributed by atoms with van der Waals surface area (Å²) in [6.45, 7) is 6.34. The molecule has 35 heavy (non-hydrogen) atoms. The van der Waals surface area contributed by atoms with Crippen LogP contribution in [0.3, 0.4) is 0 Å². The Morgan fingerprint density at radius 1 is 1.17 bits per heavy atom. The van der Waals surface area contributed by atoms with E-state index in [1.165, 1.54) is 24.3 Å². The molecule has 0 fully saturated rings. The first kappa shape index (κ1) is 25.5. The van der Waals surface area contributed by atoms with Crippen LogP contribution in [-0.4, -0.2) is 12.5 Å². The van der Waals surface area contributed by atoms with Gasteiger partial charge in [0.2, 0.25) is 0 Å². The molecule has 0 saturated carbocycles. The molecule has 0 aromatic heterocycles. The van der Waals surface area contributed by atoms with Crippen LogP contribution in [0.15, 0.2) is 78.9 Å². The topological polar surface area (TPSA) is 71.4 Å². The van der Waals surface area contributed by atoms with E-state index in [2.05, 4.69) is 11.9 Å². The smallest absolute Gasteiger partial charge is 0.266 e. The number of carbonyl (C=O) groups is 1. The van der Waals surface area contributed by atoms with Gasteiger partial charge in [0, 0.05) is 10.6 Å². The van der Waals surface area contributed by atoms with Crippen LogP contribution in [0.2, 0.25) is 5.02 Å². The molecule has 178 valence electrons. The number of carbonyl (C=O) groups excluding carboxylic acids is 1. The quantitative estimate of drug-likeness (QED) is 0.194. The molecule has 5 nitrogen and oxygen atoms in total. The van der Waals surface area contributed by atoms with Gasteiger partial charge in [-0.15, -0.1) is 6.58 Å². The molecule has 1 N–H and O–H groups in total. The summed E-state index contributed by atoms with van der Waals surface area (Å²) in [6, 6.07) is 18.5. The number of ether oxygens (including phenoxy) is 2. The number of hydrogen-bond acceptors (Lipinski definition) is 4. The van der Waals surface area contributed by atoms with Gasteiger partial charge in [-0.2, -0.15) is 5.26 Å². The molecule has 0 heterocycles. The minimum atomic E-state index is -0.719. The average molecular weight is 491 g/mol. The highest BCUT2D eigenvalue weighted by molar-refractivity contribution is 6.30. The van der Waals surface area contributed by atoms with Crippen LogP contribution in [0.1, 0.15) is 23.6 Å². The van der Waals surface area contributed by atoms with E-state index in [1.54, 1.807) is 36.4 Å². The van der Waals surface area contributed by atoms with Crippen molar-refractivity contribution in [3.63, 3.8) is 0 Å². The third kappa shape index (κ3) is 6.95. The fraction of sp³-hybridized carbons (Fsp3) is 0.143. The largest absolute Gasteiger partial charge is 0.490 e. The van der Waals surface area contributed by atoms with Gasteiger partial charge in [0.15, 0.2) is 11.5 Å². The first-order valence-corrected chi connectivity index (χ1v) is 11.3. The molecule has 1 amide bonds. The van der Waals surface area contributed by atoms with Crippen molar-refractivity contribution in [2.45, 2.75) is 20.0 Å². The second-order valence-corrected chi connectivity index (χ2v) is 7.89. The molecule has 0 atom stereocenters. The average Bonchev–Trinajstić information content (AvgIpc) is 2.85. The third-order valence-electron chi connectivity index (χ3n) is 4.91. The van der Waals surface area contributed by atoms with Crippen molar-refractivity contribution in [3.05, 3.63) is 106 Å². The maximum atomic E-state index is 13.9. The molecule has 7 heteroatoms. The summed E-state index contributed by atoms with van der Waals surface area (Å²) in [7, 11) is 0. The minimum absolute atomic E-state index is 0.00745. The zero-order valence-corrected chi connectivity index (χ0v) is 19.9. The van der Waals surface area contributed by atoms with E-state index in [4.69, 9.17) is 21.1 Å². The monoisotopic (exact) mass is 490 g/mol. The summed E-state index contributed by atoms with van der Waals surface area (Å²) in [4.78, 5) is 12.6. The minimum Gasteiger partial charge on any atom is -0.490 e. The molecule has 3 rings (SSSR count). The molecular formula is C28H24ClFN2O3. The molecule has 0 aliphatic heterocycles. The van der Waals surface area contributed by atoms with E-state index in [1.807, 2.05) is 25.1 Å². The molecule has 0 saturated heterocycles. The van der Waals surface area contributed by atoms with Gasteiger partial charge in [-0.3, -0.25) is 4.79 Å². The number of anilines is 1. The van der Waals surface area contributed by atoms with Gasteiger partial charge in [0.05, 0.1) is 12.3 Å². The summed E-state index contributed by atoms with van der Waals surface area (Å²) in [5.74, 6) is -0.289. The molecular weight excluding hydrogens is 467 g/mol. The Morgan fingerprint density at radius 3 is 2.57 bits per heavy atom. The van der Waals surface area contributed by atoms with Gasteiger partial charge in [-0.25, -0.2) is 4.39 Å². The fourth-order valence-electron chi connectivity index (χ4n) is 3.30. The number of benzene rings is 3. The molecule has 0 aliphatic rings. The van der Waals surface area contributed by atoms with Crippen molar-refractivity contribution in [3.8, 4) is 17.6 Å². The summed E-state index contributed by atoms with van der Waals surface area (Å²) in [5.41, 5.74) is 2.08. The van der Waals surface area contributed by atoms with E-state index >= 15 is 0 Å². The summed E-state index contributed by atoms with van der Waals surface area (Å²) in [5, 5.41) is 12.6. The van der Waals surface area contributed by atoms with E-state index in [0.29, 0.717) is 41.7 Å². The number of halogens is 2. The zero-order chi connectivity index (χ0) is 25.2. The Morgan fingerprint density at radius 2 is 1.91 bits per heavy atom. The van der Waals surface area contributed by atoms with Gasteiger partial charge in [-0.05, 0) is 66.9 Å². The van der Waals surface area contributed by atoms with Crippen LogP contribution in [0.4, 0.5) is 10.1 Å². The first-order chi connectivity index (χ1) is 16.9. The Kier molecular flexibility index (Phi) is 9.05. The second-order valence-electron chi connectivity index (χ2n) is 7.45. The molecule has 0 spiro atoms. The number of amides is 1. The Labute approximate surface area is 209 Å². The predicted molar refractivity (Wildman–Crippen MR) is 136 cm³/mol. The number of hydrogen-bond donors (Lipinski definition) is 1. The van der Waals surface area contributed by atoms with E-state index in [-0.39, 0.29) is 11.3 Å². The van der Waals surface area contributed by atoms with Crippen LogP contribution in [0.25, 0.3) is 6.08 Å². The lowest BCUT2D eigenvalue weighted by Crippen LogP contribution is -2.14. The van der Waals surface area contributed by atoms with Crippen molar-refractivity contribution in [1.29, 1.82) is 5.26 Å². The van der Waals surface area contributed by atoms with Gasteiger partial charge >= 0.3 is 0 Å². The molecule has 3 aromatic rings. The van der Waals surface area contributed by atoms with Crippen LogP contribution in [-0.2, 0) is 17.8 Å². The fourth-order valence-corrected chi connectivity index (χ4v) is 3.43. The number of nitrogens with one attached hydrogen (secondary N) is 1. The van der Waals surface area contributed by atoms with Crippen LogP contribution in [0.5, 0.6) is 11.5 Å². The number of para-hydroxylation sites is 1. The summed E-state index contributed by atoms with van der Waals surface area (Å²) in [6.07, 6.45) is 3.62. The molecule has 0 aliphatic carbocycles. The molecule has 0 radical (unpaired) electrons. The summed E-state index contributed by atoms with van der Waals surface area (Å²) >= 11 is 5.96. The van der Waals surface area contributed by atoms with Crippen LogP contribution < -0.4 is 14.8 Å². The first-order valence-electron chi connectivity index (χ1n) is 10.9. The number of nitriles is 1. The number of rotatable bonds is 10. The van der Waals surface area contributed by atoms with Gasteiger partial charge in [0.25, 0.3) is 5.91 Å². The normalized spacial score (nSPS) is 10.9. The van der Waals surface area contributed by atoms with Gasteiger partial charge in [0.1, 0.15) is 24.1 Å². The standard InChI is InChI=1S/C28H24ClFN2O3/c1-3-7-21-14-20(15-22(17-31)28(33)32-25-9-6-5-8-24(25)30)16-26(34-4-2)27(21)35-18-19-10-12-23(29)13-11-19/h3,5-6,8-16H,1,4,7,18H2,2H3,(H,32,33). The highest BCUT2D eigenvalue weighted by Crippen LogP contribution is 2.35. The lowest BCUT2D eigenvalue weighted by molar-refractivity contribution is -0.112. The molecule has 0 unspecified atom stereocenters. The lowest BCUT2D eigenvalue weighted by atomic mass is 10.0. The zero-order valence-electron chi connectivity index (χ0n) is 19.2. The SMILES string of the molecule is C=CCc1cc(C=C(C#N)C(=O)Nc2ccccc2F)cc(OCC)c1OCc1ccc(Cl)cc1. The van der Waals surface area contributed by atoms with Crippen molar-refractivity contribution >= 4 is 29.3 Å². The van der Waals surface area contributed by atoms with Gasteiger partial charge in [-0.1, -0.05) is 41.9 Å². The highest BCUT2D eigenvalue weighted by Gasteiger charge is 2.16. The second kappa shape index (κ2) is 12.4. The highest BCUT2D eigenvalue weighted by atomic mass is 35.5. The summed E-state index contributed by atoms with van der Waals surface area (Å²) < 4.78 is 25.8. The van der Waals surface area contributed by atoms with Crippen LogP contribution in [0, 0.1) is 17.1 Å². The predicted octanol–water partition coefficient (Wildman–Crippen LogP) is 6.73. The Balaban J connectivity index is 1.93. The van der Waals surface area contributed by atoms with Crippen LogP contribution >= 0.6 is 11.6 Å². The van der Waals surface area contributed by atoms with E-state index < -0.39 is 11.7 Å². The lowest BCUT2D eigenvalue weighted by Gasteiger charge is -2.17. The number of nitrogens with zero attached hydrogens (tertiary/aromatic N) is 1. The maximum absolute atomic E-state index is 13.9. The van der Waals surface area contributed by atoms with Crippen molar-refractivity contribution in [1.82, 2.24) is 0 Å². The van der Waals surface area contributed by atoms with E-state index in [9.17, 15) is 14.4 Å². The third-order valence-corrected chi connectivity index (χ3v) is 5.16. The number of allylic oxidation sites excluding steroid dienone is 1. The van der Waals surface area contributed by atoms with Crippen molar-refractivity contribution in [2.75, 3.05) is 11.9 Å².